The predicted molar refractivity (Wildman–Crippen MR) is 115 cm³/mol. The molecule has 2 aliphatic rings. The molecular weight excluding hydrogens is 404 g/mol. The first kappa shape index (κ1) is 23.2. The molecule has 1 saturated carbocycles. The molecule has 0 atom stereocenters. The molecule has 1 saturated heterocycles. The van der Waals surface area contributed by atoms with Gasteiger partial charge in [0.1, 0.15) is 10.6 Å². The average Bonchev–Trinajstić information content (AvgIpc) is 2.92. The van der Waals surface area contributed by atoms with Crippen LogP contribution in [-0.4, -0.2) is 68.0 Å². The molecule has 8 nitrogen and oxygen atoms in total. The van der Waals surface area contributed by atoms with Gasteiger partial charge >= 0.3 is 0 Å². The normalized spacial score (nSPS) is 21.5. The Morgan fingerprint density at radius 1 is 1.17 bits per heavy atom. The lowest BCUT2D eigenvalue weighted by Gasteiger charge is -2.40. The number of likely N-dealkylation sites (N-methyl/N-ethyl adjacent to an activating group) is 1. The minimum Gasteiger partial charge on any atom is -0.360 e. The van der Waals surface area contributed by atoms with Crippen LogP contribution in [0.3, 0.4) is 0 Å². The highest BCUT2D eigenvalue weighted by molar-refractivity contribution is 7.89. The van der Waals surface area contributed by atoms with Crippen LogP contribution in [0.5, 0.6) is 0 Å². The van der Waals surface area contributed by atoms with Crippen molar-refractivity contribution in [1.29, 1.82) is 0 Å². The number of amides is 1. The molecule has 9 heteroatoms. The largest absolute Gasteiger partial charge is 0.360 e. The van der Waals surface area contributed by atoms with Crippen LogP contribution in [0.4, 0.5) is 0 Å². The number of aryl methyl sites for hydroxylation is 2. The molecule has 0 aromatic carbocycles. The molecule has 2 fully saturated rings. The minimum absolute atomic E-state index is 0.0273. The highest BCUT2D eigenvalue weighted by Crippen LogP contribution is 2.31. The first-order valence-corrected chi connectivity index (χ1v) is 12.5. The van der Waals surface area contributed by atoms with E-state index in [9.17, 15) is 13.2 Å². The zero-order valence-corrected chi connectivity index (χ0v) is 19.6. The van der Waals surface area contributed by atoms with Crippen molar-refractivity contribution in [3.63, 3.8) is 0 Å². The van der Waals surface area contributed by atoms with Crippen LogP contribution in [0.25, 0.3) is 0 Å². The highest BCUT2D eigenvalue weighted by atomic mass is 32.2. The van der Waals surface area contributed by atoms with Gasteiger partial charge in [0.05, 0.1) is 0 Å². The van der Waals surface area contributed by atoms with E-state index in [2.05, 4.69) is 29.5 Å². The van der Waals surface area contributed by atoms with Crippen LogP contribution in [0, 0.1) is 19.8 Å². The van der Waals surface area contributed by atoms with E-state index in [1.807, 2.05) is 0 Å². The van der Waals surface area contributed by atoms with E-state index >= 15 is 0 Å². The number of carbonyl (C=O) groups excluding carboxylic acids is 1. The topological polar surface area (TPSA) is 95.8 Å². The summed E-state index contributed by atoms with van der Waals surface area (Å²) in [5.74, 6) is 0.214. The van der Waals surface area contributed by atoms with Gasteiger partial charge in [0.15, 0.2) is 5.76 Å². The summed E-state index contributed by atoms with van der Waals surface area (Å²) < 4.78 is 32.4. The number of hydrogen-bond donors (Lipinski definition) is 1. The maximum Gasteiger partial charge on any atom is 0.248 e. The molecule has 1 aromatic heterocycles. The van der Waals surface area contributed by atoms with Crippen molar-refractivity contribution in [2.24, 2.45) is 5.92 Å². The fourth-order valence-electron chi connectivity index (χ4n) is 4.90. The summed E-state index contributed by atoms with van der Waals surface area (Å²) in [6.45, 7) is 4.59. The van der Waals surface area contributed by atoms with E-state index in [-0.39, 0.29) is 22.3 Å². The van der Waals surface area contributed by atoms with Gasteiger partial charge in [0.25, 0.3) is 0 Å². The van der Waals surface area contributed by atoms with E-state index in [1.54, 1.807) is 13.8 Å². The van der Waals surface area contributed by atoms with E-state index in [0.29, 0.717) is 43.9 Å². The third kappa shape index (κ3) is 4.73. The van der Waals surface area contributed by atoms with Crippen LogP contribution in [-0.2, 0) is 14.8 Å². The van der Waals surface area contributed by atoms with Gasteiger partial charge in [0.2, 0.25) is 15.9 Å². The number of nitrogens with one attached hydrogen (secondary N) is 1. The Hall–Kier alpha value is -1.45. The lowest BCUT2D eigenvalue weighted by Crippen LogP contribution is -2.53. The molecule has 1 aromatic rings. The van der Waals surface area contributed by atoms with Crippen LogP contribution >= 0.6 is 0 Å². The number of nitrogens with zero attached hydrogens (tertiary/aromatic N) is 3. The summed E-state index contributed by atoms with van der Waals surface area (Å²) in [6, 6.07) is 0. The monoisotopic (exact) mass is 440 g/mol. The van der Waals surface area contributed by atoms with E-state index in [4.69, 9.17) is 4.52 Å². The molecule has 0 bridgehead atoms. The Morgan fingerprint density at radius 3 is 2.27 bits per heavy atom. The second-order valence-electron chi connectivity index (χ2n) is 9.08. The number of carbonyl (C=O) groups is 1. The first-order chi connectivity index (χ1) is 14.2. The summed E-state index contributed by atoms with van der Waals surface area (Å²) >= 11 is 0. The summed E-state index contributed by atoms with van der Waals surface area (Å²) in [5, 5.41) is 6.97. The van der Waals surface area contributed by atoms with E-state index in [0.717, 1.165) is 12.8 Å². The van der Waals surface area contributed by atoms with Gasteiger partial charge in [-0.1, -0.05) is 30.8 Å². The van der Waals surface area contributed by atoms with Crippen molar-refractivity contribution in [3.8, 4) is 0 Å². The Bertz CT molecular complexity index is 814. The van der Waals surface area contributed by atoms with Crippen molar-refractivity contribution in [1.82, 2.24) is 19.7 Å². The Kier molecular flexibility index (Phi) is 7.24. The van der Waals surface area contributed by atoms with E-state index < -0.39 is 10.0 Å². The van der Waals surface area contributed by atoms with Crippen molar-refractivity contribution >= 4 is 15.9 Å². The molecule has 170 valence electrons. The standard InChI is InChI=1S/C21H36N4O4S/c1-16-19(17(2)29-23-16)30(27,28)25-13-9-18(10-14-25)20(26)22-15-21(24(3)4)11-7-5-6-8-12-21/h18H,5-15H2,1-4H3,(H,22,26). The Balaban J connectivity index is 1.57. The molecule has 1 aliphatic heterocycles. The van der Waals surface area contributed by atoms with Crippen molar-refractivity contribution in [2.75, 3.05) is 33.7 Å². The van der Waals surface area contributed by atoms with E-state index in [1.165, 1.54) is 30.0 Å². The van der Waals surface area contributed by atoms with Crippen molar-refractivity contribution in [3.05, 3.63) is 11.5 Å². The van der Waals surface area contributed by atoms with Gasteiger partial charge in [-0.25, -0.2) is 8.42 Å². The van der Waals surface area contributed by atoms with Gasteiger partial charge < -0.3 is 14.7 Å². The minimum atomic E-state index is -3.64. The summed E-state index contributed by atoms with van der Waals surface area (Å²) in [6.07, 6.45) is 8.21. The molecule has 1 aliphatic carbocycles. The number of sulfonamides is 1. The van der Waals surface area contributed by atoms with Crippen LogP contribution in [0.15, 0.2) is 9.42 Å². The average molecular weight is 441 g/mol. The SMILES string of the molecule is Cc1noc(C)c1S(=O)(=O)N1CCC(C(=O)NCC2(N(C)C)CCCCCC2)CC1. The summed E-state index contributed by atoms with van der Waals surface area (Å²) in [5.41, 5.74) is 0.407. The molecule has 1 amide bonds. The van der Waals surface area contributed by atoms with Crippen LogP contribution in [0.2, 0.25) is 0 Å². The van der Waals surface area contributed by atoms with Gasteiger partial charge in [-0.05, 0) is 53.6 Å². The van der Waals surface area contributed by atoms with Crippen molar-refractivity contribution in [2.45, 2.75) is 75.6 Å². The lowest BCUT2D eigenvalue weighted by molar-refractivity contribution is -0.126. The molecule has 0 radical (unpaired) electrons. The molecule has 0 unspecified atom stereocenters. The highest BCUT2D eigenvalue weighted by Gasteiger charge is 2.37. The molecule has 0 spiro atoms. The van der Waals surface area contributed by atoms with Gasteiger partial charge in [-0.15, -0.1) is 0 Å². The molecule has 3 rings (SSSR count). The van der Waals surface area contributed by atoms with Gasteiger partial charge in [-0.3, -0.25) is 4.79 Å². The number of hydrogen-bond acceptors (Lipinski definition) is 6. The fraction of sp³-hybridized carbons (Fsp3) is 0.810. The zero-order valence-electron chi connectivity index (χ0n) is 18.7. The molecule has 2 heterocycles. The third-order valence-electron chi connectivity index (χ3n) is 6.97. The number of piperidine rings is 1. The zero-order chi connectivity index (χ0) is 21.9. The maximum absolute atomic E-state index is 13.0. The quantitative estimate of drug-likeness (QED) is 0.683. The number of rotatable bonds is 6. The summed E-state index contributed by atoms with van der Waals surface area (Å²) in [4.78, 5) is 15.3. The first-order valence-electron chi connectivity index (χ1n) is 11.1. The second kappa shape index (κ2) is 9.36. The van der Waals surface area contributed by atoms with Gasteiger partial charge in [0, 0.05) is 31.1 Å². The maximum atomic E-state index is 13.0. The predicted octanol–water partition coefficient (Wildman–Crippen LogP) is 2.46. The lowest BCUT2D eigenvalue weighted by atomic mass is 9.88. The molecule has 1 N–H and O–H groups in total. The molecule has 30 heavy (non-hydrogen) atoms. The van der Waals surface area contributed by atoms with Gasteiger partial charge in [-0.2, -0.15) is 4.31 Å². The van der Waals surface area contributed by atoms with Crippen LogP contribution in [0.1, 0.15) is 62.8 Å². The second-order valence-corrected chi connectivity index (χ2v) is 11.0. The number of aromatic nitrogens is 1. The molecular formula is C21H36N4O4S. The van der Waals surface area contributed by atoms with Crippen LogP contribution < -0.4 is 5.32 Å². The van der Waals surface area contributed by atoms with Crippen molar-refractivity contribution < 1.29 is 17.7 Å². The smallest absolute Gasteiger partial charge is 0.248 e. The third-order valence-corrected chi connectivity index (χ3v) is 9.11. The summed E-state index contributed by atoms with van der Waals surface area (Å²) in [7, 11) is 0.568. The fourth-order valence-corrected chi connectivity index (χ4v) is 6.66. The Labute approximate surface area is 180 Å². The Morgan fingerprint density at radius 2 is 1.77 bits per heavy atom.